The Hall–Kier alpha value is -1.34. The number of hydrogen-bond donors (Lipinski definition) is 1. The number of unbranched alkanes of at least 4 members (excludes halogenated alkanes) is 1. The highest BCUT2D eigenvalue weighted by molar-refractivity contribution is 8.13. The zero-order chi connectivity index (χ0) is 14.5. The standard InChI is InChI=1S/C11H12ClFO5S/c12-19(16,17)8-4-5-10(9(13)7-8)18-6-2-1-3-11(14)15/h4-5,7H,1-3,6H2,(H,14,15). The lowest BCUT2D eigenvalue weighted by molar-refractivity contribution is -0.137. The minimum atomic E-state index is -3.97. The van der Waals surface area contributed by atoms with Crippen LogP contribution < -0.4 is 4.74 Å². The summed E-state index contributed by atoms with van der Waals surface area (Å²) < 4.78 is 40.5. The second-order valence-corrected chi connectivity index (χ2v) is 6.30. The first-order valence-corrected chi connectivity index (χ1v) is 7.70. The van der Waals surface area contributed by atoms with Crippen molar-refractivity contribution in [3.05, 3.63) is 24.0 Å². The second-order valence-electron chi connectivity index (χ2n) is 3.73. The number of carbonyl (C=O) groups is 1. The van der Waals surface area contributed by atoms with Crippen molar-refractivity contribution in [3.63, 3.8) is 0 Å². The van der Waals surface area contributed by atoms with E-state index in [4.69, 9.17) is 20.5 Å². The van der Waals surface area contributed by atoms with Crippen LogP contribution in [0.5, 0.6) is 5.75 Å². The summed E-state index contributed by atoms with van der Waals surface area (Å²) in [6, 6.07) is 3.08. The van der Waals surface area contributed by atoms with Gasteiger partial charge in [0.2, 0.25) is 0 Å². The van der Waals surface area contributed by atoms with Crippen LogP contribution in [0.3, 0.4) is 0 Å². The third-order valence-corrected chi connectivity index (χ3v) is 3.58. The van der Waals surface area contributed by atoms with Gasteiger partial charge in [-0.3, -0.25) is 4.79 Å². The quantitative estimate of drug-likeness (QED) is 0.618. The first kappa shape index (κ1) is 15.7. The largest absolute Gasteiger partial charge is 0.491 e. The highest BCUT2D eigenvalue weighted by Gasteiger charge is 2.13. The summed E-state index contributed by atoms with van der Waals surface area (Å²) >= 11 is 0. The first-order chi connectivity index (χ1) is 8.80. The summed E-state index contributed by atoms with van der Waals surface area (Å²) in [6.07, 6.45) is 0.904. The maximum Gasteiger partial charge on any atom is 0.303 e. The number of aliphatic carboxylic acids is 1. The normalized spacial score (nSPS) is 11.3. The predicted octanol–water partition coefficient (Wildman–Crippen LogP) is 2.39. The molecule has 0 bridgehead atoms. The molecule has 0 aliphatic carbocycles. The van der Waals surface area contributed by atoms with Crippen LogP contribution in [0.2, 0.25) is 0 Å². The Morgan fingerprint density at radius 3 is 2.58 bits per heavy atom. The van der Waals surface area contributed by atoms with E-state index in [1.54, 1.807) is 0 Å². The monoisotopic (exact) mass is 310 g/mol. The van der Waals surface area contributed by atoms with Gasteiger partial charge in [-0.15, -0.1) is 0 Å². The van der Waals surface area contributed by atoms with Crippen LogP contribution in [0.1, 0.15) is 19.3 Å². The smallest absolute Gasteiger partial charge is 0.303 e. The molecule has 1 rings (SSSR count). The number of carboxylic acids is 1. The Labute approximate surface area is 114 Å². The van der Waals surface area contributed by atoms with Gasteiger partial charge in [0.05, 0.1) is 11.5 Å². The van der Waals surface area contributed by atoms with E-state index in [0.29, 0.717) is 12.8 Å². The van der Waals surface area contributed by atoms with Gasteiger partial charge in [0.25, 0.3) is 9.05 Å². The maximum absolute atomic E-state index is 13.5. The number of carboxylic acid groups (broad SMARTS) is 1. The van der Waals surface area contributed by atoms with E-state index < -0.39 is 20.8 Å². The van der Waals surface area contributed by atoms with Crippen LogP contribution >= 0.6 is 10.7 Å². The van der Waals surface area contributed by atoms with Gasteiger partial charge in [-0.25, -0.2) is 12.8 Å². The van der Waals surface area contributed by atoms with Crippen molar-refractivity contribution < 1.29 is 27.4 Å². The Kier molecular flexibility index (Phi) is 5.56. The van der Waals surface area contributed by atoms with Crippen molar-refractivity contribution in [1.82, 2.24) is 0 Å². The molecule has 1 N–H and O–H groups in total. The molecule has 0 amide bonds. The molecule has 0 aliphatic rings. The topological polar surface area (TPSA) is 80.7 Å². The zero-order valence-corrected chi connectivity index (χ0v) is 11.4. The van der Waals surface area contributed by atoms with E-state index in [1.165, 1.54) is 6.07 Å². The molecule has 5 nitrogen and oxygen atoms in total. The van der Waals surface area contributed by atoms with E-state index in [-0.39, 0.29) is 23.7 Å². The summed E-state index contributed by atoms with van der Waals surface area (Å²) in [6.45, 7) is 0.150. The molecule has 106 valence electrons. The van der Waals surface area contributed by atoms with Crippen LogP contribution in [-0.2, 0) is 13.8 Å². The average Bonchev–Trinajstić information content (AvgIpc) is 2.28. The number of hydrogen-bond acceptors (Lipinski definition) is 4. The predicted molar refractivity (Wildman–Crippen MR) is 66.4 cm³/mol. The molecule has 1 aromatic rings. The van der Waals surface area contributed by atoms with Crippen LogP contribution in [0.25, 0.3) is 0 Å². The fourth-order valence-electron chi connectivity index (χ4n) is 1.31. The van der Waals surface area contributed by atoms with Crippen molar-refractivity contribution in [1.29, 1.82) is 0 Å². The van der Waals surface area contributed by atoms with Gasteiger partial charge in [0.1, 0.15) is 0 Å². The molecule has 0 spiro atoms. The van der Waals surface area contributed by atoms with Crippen molar-refractivity contribution in [3.8, 4) is 5.75 Å². The molecule has 0 unspecified atom stereocenters. The minimum absolute atomic E-state index is 0.0231. The molecule has 0 aliphatic heterocycles. The molecule has 0 fully saturated rings. The summed E-state index contributed by atoms with van der Waals surface area (Å²) in [5.41, 5.74) is 0. The molecule has 0 saturated heterocycles. The number of halogens is 2. The van der Waals surface area contributed by atoms with E-state index >= 15 is 0 Å². The van der Waals surface area contributed by atoms with Crippen LogP contribution in [-0.4, -0.2) is 26.1 Å². The highest BCUT2D eigenvalue weighted by Crippen LogP contribution is 2.23. The average molecular weight is 311 g/mol. The summed E-state index contributed by atoms with van der Waals surface area (Å²) in [7, 11) is 1.10. The molecule has 0 saturated carbocycles. The molecule has 8 heteroatoms. The van der Waals surface area contributed by atoms with Gasteiger partial charge in [0, 0.05) is 17.1 Å². The Bertz CT molecular complexity index is 558. The minimum Gasteiger partial charge on any atom is -0.491 e. The molecule has 19 heavy (non-hydrogen) atoms. The number of benzene rings is 1. The Morgan fingerprint density at radius 1 is 1.37 bits per heavy atom. The molecule has 0 heterocycles. The van der Waals surface area contributed by atoms with Crippen molar-refractivity contribution in [2.24, 2.45) is 0 Å². The van der Waals surface area contributed by atoms with E-state index in [1.807, 2.05) is 0 Å². The van der Waals surface area contributed by atoms with E-state index in [2.05, 4.69) is 0 Å². The lowest BCUT2D eigenvalue weighted by atomic mass is 10.2. The molecular formula is C11H12ClFO5S. The molecule has 0 atom stereocenters. The lowest BCUT2D eigenvalue weighted by Gasteiger charge is -2.07. The van der Waals surface area contributed by atoms with E-state index in [0.717, 1.165) is 12.1 Å². The Balaban J connectivity index is 2.54. The van der Waals surface area contributed by atoms with Crippen LogP contribution in [0.4, 0.5) is 4.39 Å². The second kappa shape index (κ2) is 6.72. The number of rotatable bonds is 7. The van der Waals surface area contributed by atoms with Crippen molar-refractivity contribution in [2.45, 2.75) is 24.2 Å². The highest BCUT2D eigenvalue weighted by atomic mass is 35.7. The van der Waals surface area contributed by atoms with Crippen LogP contribution in [0, 0.1) is 5.82 Å². The van der Waals surface area contributed by atoms with Crippen molar-refractivity contribution >= 4 is 25.7 Å². The number of ether oxygens (including phenoxy) is 1. The first-order valence-electron chi connectivity index (χ1n) is 5.39. The van der Waals surface area contributed by atoms with Gasteiger partial charge in [-0.05, 0) is 31.0 Å². The Morgan fingerprint density at radius 2 is 2.05 bits per heavy atom. The summed E-state index contributed by atoms with van der Waals surface area (Å²) in [4.78, 5) is 9.91. The third-order valence-electron chi connectivity index (χ3n) is 2.23. The van der Waals surface area contributed by atoms with Gasteiger partial charge in [-0.2, -0.15) is 0 Å². The van der Waals surface area contributed by atoms with Gasteiger partial charge in [-0.1, -0.05) is 0 Å². The van der Waals surface area contributed by atoms with E-state index in [9.17, 15) is 17.6 Å². The zero-order valence-electron chi connectivity index (χ0n) is 9.80. The van der Waals surface area contributed by atoms with Gasteiger partial charge < -0.3 is 9.84 Å². The maximum atomic E-state index is 13.5. The van der Waals surface area contributed by atoms with Crippen molar-refractivity contribution in [2.75, 3.05) is 6.61 Å². The van der Waals surface area contributed by atoms with Gasteiger partial charge in [0.15, 0.2) is 11.6 Å². The molecule has 1 aromatic carbocycles. The fraction of sp³-hybridized carbons (Fsp3) is 0.364. The lowest BCUT2D eigenvalue weighted by Crippen LogP contribution is -2.02. The molecular weight excluding hydrogens is 299 g/mol. The van der Waals surface area contributed by atoms with Crippen LogP contribution in [0.15, 0.2) is 23.1 Å². The molecule has 0 radical (unpaired) electrons. The third kappa shape index (κ3) is 5.44. The summed E-state index contributed by atoms with van der Waals surface area (Å²) in [5, 5.41) is 8.41. The fourth-order valence-corrected chi connectivity index (χ4v) is 2.07. The summed E-state index contributed by atoms with van der Waals surface area (Å²) in [5.74, 6) is -1.83. The SMILES string of the molecule is O=C(O)CCCCOc1ccc(S(=O)(=O)Cl)cc1F. The van der Waals surface area contributed by atoms with Gasteiger partial charge >= 0.3 is 5.97 Å². The molecule has 0 aromatic heterocycles.